The van der Waals surface area contributed by atoms with Gasteiger partial charge in [0.05, 0.1) is 11.9 Å². The predicted octanol–water partition coefficient (Wildman–Crippen LogP) is 4.97. The van der Waals surface area contributed by atoms with Gasteiger partial charge in [0.25, 0.3) is 5.91 Å². The number of halogens is 1. The van der Waals surface area contributed by atoms with Crippen LogP contribution in [0.3, 0.4) is 0 Å². The number of amides is 1. The molecule has 0 aliphatic rings. The quantitative estimate of drug-likeness (QED) is 0.530. The second kappa shape index (κ2) is 9.58. The third-order valence-electron chi connectivity index (χ3n) is 3.86. The van der Waals surface area contributed by atoms with Crippen LogP contribution in [0.4, 0.5) is 11.4 Å². The van der Waals surface area contributed by atoms with Crippen LogP contribution < -0.4 is 15.4 Å². The first-order valence-corrected chi connectivity index (χ1v) is 9.11. The van der Waals surface area contributed by atoms with Crippen LogP contribution in [0.25, 0.3) is 0 Å². The molecule has 28 heavy (non-hydrogen) atoms. The van der Waals surface area contributed by atoms with E-state index in [9.17, 15) is 4.79 Å². The Hall–Kier alpha value is -3.31. The monoisotopic (exact) mass is 393 g/mol. The van der Waals surface area contributed by atoms with Gasteiger partial charge in [-0.3, -0.25) is 4.79 Å². The Kier molecular flexibility index (Phi) is 6.65. The van der Waals surface area contributed by atoms with Crippen LogP contribution >= 0.6 is 11.6 Å². The van der Waals surface area contributed by atoms with E-state index in [4.69, 9.17) is 16.3 Å². The van der Waals surface area contributed by atoms with Gasteiger partial charge in [-0.1, -0.05) is 29.8 Å². The smallest absolute Gasteiger partial charge is 0.270 e. The molecule has 0 radical (unpaired) electrons. The van der Waals surface area contributed by atoms with E-state index in [1.807, 2.05) is 48.5 Å². The predicted molar refractivity (Wildman–Crippen MR) is 112 cm³/mol. The highest BCUT2D eigenvalue weighted by atomic mass is 35.5. The maximum absolute atomic E-state index is 11.8. The molecule has 1 amide bonds. The highest BCUT2D eigenvalue weighted by Crippen LogP contribution is 2.21. The van der Waals surface area contributed by atoms with Gasteiger partial charge in [0.15, 0.2) is 0 Å². The number of anilines is 2. The van der Waals surface area contributed by atoms with Crippen molar-refractivity contribution < 1.29 is 9.53 Å². The minimum atomic E-state index is -0.228. The Morgan fingerprint density at radius 3 is 2.39 bits per heavy atom. The number of nitrogens with one attached hydrogen (secondary N) is 2. The van der Waals surface area contributed by atoms with Gasteiger partial charge in [0, 0.05) is 17.3 Å². The first-order chi connectivity index (χ1) is 13.6. The summed E-state index contributed by atoms with van der Waals surface area (Å²) in [6.07, 6.45) is 3.24. The van der Waals surface area contributed by atoms with Crippen LogP contribution in [0.5, 0.6) is 5.75 Å². The lowest BCUT2D eigenvalue weighted by Crippen LogP contribution is -2.24. The molecule has 2 aromatic carbocycles. The zero-order valence-electron chi connectivity index (χ0n) is 15.2. The number of pyridine rings is 1. The molecule has 0 aliphatic heterocycles. The summed E-state index contributed by atoms with van der Waals surface area (Å²) >= 11 is 5.88. The second-order valence-corrected chi connectivity index (χ2v) is 6.43. The average molecular weight is 394 g/mol. The molecule has 1 heterocycles. The Labute approximate surface area is 169 Å². The molecule has 1 aromatic heterocycles. The molecular formula is C22H20ClN3O2. The van der Waals surface area contributed by atoms with Gasteiger partial charge in [0.1, 0.15) is 18.1 Å². The number of carbonyl (C=O) groups excluding carboxylic acids is 1. The number of aromatic nitrogens is 1. The molecule has 142 valence electrons. The van der Waals surface area contributed by atoms with Crippen molar-refractivity contribution in [2.45, 2.75) is 6.61 Å². The summed E-state index contributed by atoms with van der Waals surface area (Å²) in [7, 11) is 0. The highest BCUT2D eigenvalue weighted by Gasteiger charge is 2.05. The van der Waals surface area contributed by atoms with Crippen LogP contribution in [0, 0.1) is 0 Å². The number of nitrogens with zero attached hydrogens (tertiary/aromatic N) is 1. The van der Waals surface area contributed by atoms with Gasteiger partial charge in [-0.15, -0.1) is 6.58 Å². The molecule has 0 saturated heterocycles. The zero-order valence-corrected chi connectivity index (χ0v) is 15.9. The van der Waals surface area contributed by atoms with Crippen molar-refractivity contribution in [1.29, 1.82) is 0 Å². The first-order valence-electron chi connectivity index (χ1n) is 8.73. The standard InChI is InChI=1S/C22H20ClN3O2/c1-2-13-24-22(27)21-12-9-19(14-25-21)26-18-7-10-20(11-8-18)28-15-16-3-5-17(23)6-4-16/h2-12,14,26H,1,13,15H2,(H,24,27). The zero-order chi connectivity index (χ0) is 19.8. The van der Waals surface area contributed by atoms with Crippen molar-refractivity contribution >= 4 is 28.9 Å². The summed E-state index contributed by atoms with van der Waals surface area (Å²) in [6, 6.07) is 18.7. The molecule has 0 unspecified atom stereocenters. The van der Waals surface area contributed by atoms with Crippen LogP contribution in [-0.2, 0) is 6.61 Å². The Balaban J connectivity index is 1.54. The molecule has 0 saturated carbocycles. The fourth-order valence-electron chi connectivity index (χ4n) is 2.41. The summed E-state index contributed by atoms with van der Waals surface area (Å²) in [5, 5.41) is 6.64. The Morgan fingerprint density at radius 2 is 1.75 bits per heavy atom. The fourth-order valence-corrected chi connectivity index (χ4v) is 2.53. The van der Waals surface area contributed by atoms with Crippen molar-refractivity contribution in [3.05, 3.63) is 95.8 Å². The molecule has 0 spiro atoms. The van der Waals surface area contributed by atoms with E-state index in [0.717, 1.165) is 22.7 Å². The molecule has 0 bridgehead atoms. The van der Waals surface area contributed by atoms with Gasteiger partial charge in [-0.25, -0.2) is 4.98 Å². The molecule has 0 fully saturated rings. The topological polar surface area (TPSA) is 63.2 Å². The normalized spacial score (nSPS) is 10.2. The lowest BCUT2D eigenvalue weighted by Gasteiger charge is -2.09. The molecule has 5 nitrogen and oxygen atoms in total. The van der Waals surface area contributed by atoms with E-state index < -0.39 is 0 Å². The fraction of sp³-hybridized carbons (Fsp3) is 0.0909. The number of ether oxygens (including phenoxy) is 1. The van der Waals surface area contributed by atoms with Crippen molar-refractivity contribution in [2.75, 3.05) is 11.9 Å². The SMILES string of the molecule is C=CCNC(=O)c1ccc(Nc2ccc(OCc3ccc(Cl)cc3)cc2)cn1. The van der Waals surface area contributed by atoms with Crippen LogP contribution in [0.15, 0.2) is 79.5 Å². The molecule has 3 aromatic rings. The van der Waals surface area contributed by atoms with Gasteiger partial charge >= 0.3 is 0 Å². The molecule has 0 aliphatic carbocycles. The third-order valence-corrected chi connectivity index (χ3v) is 4.12. The Bertz CT molecular complexity index is 924. The maximum Gasteiger partial charge on any atom is 0.270 e. The molecule has 3 rings (SSSR count). The third kappa shape index (κ3) is 5.59. The summed E-state index contributed by atoms with van der Waals surface area (Å²) in [4.78, 5) is 16.0. The number of carbonyl (C=O) groups is 1. The number of benzene rings is 2. The largest absolute Gasteiger partial charge is 0.489 e. The van der Waals surface area contributed by atoms with Crippen molar-refractivity contribution in [1.82, 2.24) is 10.3 Å². The number of hydrogen-bond acceptors (Lipinski definition) is 4. The minimum Gasteiger partial charge on any atom is -0.489 e. The minimum absolute atomic E-state index is 0.228. The maximum atomic E-state index is 11.8. The second-order valence-electron chi connectivity index (χ2n) is 6.00. The average Bonchev–Trinajstić information content (AvgIpc) is 2.73. The lowest BCUT2D eigenvalue weighted by atomic mass is 10.2. The van der Waals surface area contributed by atoms with E-state index in [2.05, 4.69) is 22.2 Å². The van der Waals surface area contributed by atoms with Crippen molar-refractivity contribution in [2.24, 2.45) is 0 Å². The van der Waals surface area contributed by atoms with Crippen LogP contribution in [-0.4, -0.2) is 17.4 Å². The summed E-state index contributed by atoms with van der Waals surface area (Å²) in [5.41, 5.74) is 3.09. The van der Waals surface area contributed by atoms with Gasteiger partial charge in [-0.05, 0) is 54.1 Å². The van der Waals surface area contributed by atoms with Crippen molar-refractivity contribution in [3.8, 4) is 5.75 Å². The van der Waals surface area contributed by atoms with Gasteiger partial charge in [0.2, 0.25) is 0 Å². The van der Waals surface area contributed by atoms with E-state index in [0.29, 0.717) is 23.9 Å². The van der Waals surface area contributed by atoms with E-state index in [-0.39, 0.29) is 5.91 Å². The summed E-state index contributed by atoms with van der Waals surface area (Å²) in [6.45, 7) is 4.45. The van der Waals surface area contributed by atoms with Gasteiger partial charge < -0.3 is 15.4 Å². The molecule has 0 atom stereocenters. The molecular weight excluding hydrogens is 374 g/mol. The van der Waals surface area contributed by atoms with E-state index >= 15 is 0 Å². The first kappa shape index (κ1) is 19.5. The summed E-state index contributed by atoms with van der Waals surface area (Å²) in [5.74, 6) is 0.543. The van der Waals surface area contributed by atoms with E-state index in [1.165, 1.54) is 0 Å². The number of hydrogen-bond donors (Lipinski definition) is 2. The van der Waals surface area contributed by atoms with Crippen LogP contribution in [0.1, 0.15) is 16.1 Å². The lowest BCUT2D eigenvalue weighted by molar-refractivity contribution is 0.0953. The van der Waals surface area contributed by atoms with E-state index in [1.54, 1.807) is 24.4 Å². The van der Waals surface area contributed by atoms with Crippen molar-refractivity contribution in [3.63, 3.8) is 0 Å². The van der Waals surface area contributed by atoms with Gasteiger partial charge in [-0.2, -0.15) is 0 Å². The molecule has 6 heteroatoms. The highest BCUT2D eigenvalue weighted by molar-refractivity contribution is 6.30. The number of rotatable bonds is 8. The molecule has 2 N–H and O–H groups in total. The van der Waals surface area contributed by atoms with Crippen LogP contribution in [0.2, 0.25) is 5.02 Å². The summed E-state index contributed by atoms with van der Waals surface area (Å²) < 4.78 is 5.78. The Morgan fingerprint density at radius 1 is 1.04 bits per heavy atom.